The molecule has 0 aromatic carbocycles. The van der Waals surface area contributed by atoms with Crippen LogP contribution in [0.2, 0.25) is 0 Å². The number of carbonyl (C=O) groups is 2. The molecule has 1 aliphatic carbocycles. The van der Waals surface area contributed by atoms with Crippen LogP contribution in [0.25, 0.3) is 0 Å². The Balaban J connectivity index is 0.00000264. The van der Waals surface area contributed by atoms with E-state index in [1.165, 1.54) is 32.1 Å². The van der Waals surface area contributed by atoms with Gasteiger partial charge in [-0.2, -0.15) is 0 Å². The van der Waals surface area contributed by atoms with Gasteiger partial charge in [0.1, 0.15) is 0 Å². The first-order valence-corrected chi connectivity index (χ1v) is 8.88. The maximum Gasteiger partial charge on any atom is 0.241 e. The molecule has 0 spiro atoms. The van der Waals surface area contributed by atoms with Crippen molar-refractivity contribution >= 4 is 24.2 Å². The molecule has 6 heteroatoms. The fourth-order valence-electron chi connectivity index (χ4n) is 3.76. The molecular formula is C17H32ClN3O2. The van der Waals surface area contributed by atoms with Gasteiger partial charge in [0.2, 0.25) is 11.8 Å². The van der Waals surface area contributed by atoms with Gasteiger partial charge < -0.3 is 15.5 Å². The number of carbonyl (C=O) groups excluding carboxylic acids is 2. The zero-order valence-electron chi connectivity index (χ0n) is 14.3. The van der Waals surface area contributed by atoms with Crippen molar-refractivity contribution in [3.63, 3.8) is 0 Å². The van der Waals surface area contributed by atoms with Gasteiger partial charge in [-0.3, -0.25) is 9.59 Å². The highest BCUT2D eigenvalue weighted by molar-refractivity contribution is 5.85. The first-order chi connectivity index (χ1) is 10.7. The van der Waals surface area contributed by atoms with E-state index in [1.807, 2.05) is 11.9 Å². The number of halogens is 1. The van der Waals surface area contributed by atoms with Crippen LogP contribution in [0.3, 0.4) is 0 Å². The van der Waals surface area contributed by atoms with Gasteiger partial charge in [0.25, 0.3) is 0 Å². The monoisotopic (exact) mass is 345 g/mol. The summed E-state index contributed by atoms with van der Waals surface area (Å²) in [6.45, 7) is 2.77. The molecule has 1 aliphatic heterocycles. The Morgan fingerprint density at radius 3 is 2.48 bits per heavy atom. The van der Waals surface area contributed by atoms with Gasteiger partial charge in [0, 0.05) is 19.5 Å². The highest BCUT2D eigenvalue weighted by Crippen LogP contribution is 2.28. The van der Waals surface area contributed by atoms with E-state index in [2.05, 4.69) is 10.6 Å². The van der Waals surface area contributed by atoms with Crippen LogP contribution in [-0.2, 0) is 9.59 Å². The number of hydrogen-bond donors (Lipinski definition) is 2. The standard InChI is InChI=1S/C17H31N3O2.ClH/c1-18-11-15-7-4-10-20(13-15)17(22)12-19-16(21)9-8-14-5-2-3-6-14;/h14-15,18H,2-13H2,1H3,(H,19,21);1H. The molecule has 1 saturated heterocycles. The minimum atomic E-state index is 0. The summed E-state index contributed by atoms with van der Waals surface area (Å²) in [7, 11) is 1.95. The summed E-state index contributed by atoms with van der Waals surface area (Å²) in [6.07, 6.45) is 8.96. The van der Waals surface area contributed by atoms with Crippen LogP contribution in [0.1, 0.15) is 51.4 Å². The van der Waals surface area contributed by atoms with Crippen LogP contribution in [0.5, 0.6) is 0 Å². The van der Waals surface area contributed by atoms with Gasteiger partial charge in [0.15, 0.2) is 0 Å². The summed E-state index contributed by atoms with van der Waals surface area (Å²) in [4.78, 5) is 26.0. The van der Waals surface area contributed by atoms with E-state index < -0.39 is 0 Å². The van der Waals surface area contributed by atoms with E-state index in [0.717, 1.165) is 38.4 Å². The Morgan fingerprint density at radius 1 is 1.09 bits per heavy atom. The van der Waals surface area contributed by atoms with Crippen molar-refractivity contribution in [2.24, 2.45) is 11.8 Å². The largest absolute Gasteiger partial charge is 0.347 e. The third-order valence-electron chi connectivity index (χ3n) is 5.06. The predicted molar refractivity (Wildman–Crippen MR) is 94.7 cm³/mol. The number of amides is 2. The number of likely N-dealkylation sites (tertiary alicyclic amines) is 1. The number of rotatable bonds is 7. The zero-order valence-corrected chi connectivity index (χ0v) is 15.1. The quantitative estimate of drug-likeness (QED) is 0.741. The second-order valence-electron chi connectivity index (χ2n) is 6.87. The van der Waals surface area contributed by atoms with Gasteiger partial charge in [0.05, 0.1) is 6.54 Å². The van der Waals surface area contributed by atoms with E-state index in [0.29, 0.717) is 12.3 Å². The normalized spacial score (nSPS) is 21.8. The molecule has 0 aromatic heterocycles. The molecule has 2 N–H and O–H groups in total. The van der Waals surface area contributed by atoms with Gasteiger partial charge in [-0.1, -0.05) is 25.7 Å². The lowest BCUT2D eigenvalue weighted by molar-refractivity contribution is -0.134. The van der Waals surface area contributed by atoms with Crippen LogP contribution >= 0.6 is 12.4 Å². The predicted octanol–water partition coefficient (Wildman–Crippen LogP) is 1.95. The number of nitrogens with zero attached hydrogens (tertiary/aromatic N) is 1. The molecule has 1 saturated carbocycles. The average Bonchev–Trinajstić information content (AvgIpc) is 3.04. The molecule has 1 unspecified atom stereocenters. The third-order valence-corrected chi connectivity index (χ3v) is 5.06. The molecule has 1 atom stereocenters. The number of nitrogens with one attached hydrogen (secondary N) is 2. The highest BCUT2D eigenvalue weighted by atomic mass is 35.5. The van der Waals surface area contributed by atoms with Crippen molar-refractivity contribution in [2.45, 2.75) is 51.4 Å². The highest BCUT2D eigenvalue weighted by Gasteiger charge is 2.23. The molecule has 2 amide bonds. The molecular weight excluding hydrogens is 314 g/mol. The maximum atomic E-state index is 12.2. The lowest BCUT2D eigenvalue weighted by atomic mass is 9.98. The summed E-state index contributed by atoms with van der Waals surface area (Å²) in [6, 6.07) is 0. The van der Waals surface area contributed by atoms with Crippen molar-refractivity contribution in [1.29, 1.82) is 0 Å². The van der Waals surface area contributed by atoms with Crippen LogP contribution in [0.15, 0.2) is 0 Å². The summed E-state index contributed by atoms with van der Waals surface area (Å²) < 4.78 is 0. The summed E-state index contributed by atoms with van der Waals surface area (Å²) in [5, 5.41) is 5.99. The molecule has 2 rings (SSSR count). The molecule has 1 heterocycles. The number of hydrogen-bond acceptors (Lipinski definition) is 3. The fourth-order valence-corrected chi connectivity index (χ4v) is 3.76. The van der Waals surface area contributed by atoms with E-state index in [-0.39, 0.29) is 30.8 Å². The van der Waals surface area contributed by atoms with Crippen molar-refractivity contribution < 1.29 is 9.59 Å². The first kappa shape index (κ1) is 20.2. The molecule has 134 valence electrons. The minimum Gasteiger partial charge on any atom is -0.347 e. The van der Waals surface area contributed by atoms with E-state index >= 15 is 0 Å². The zero-order chi connectivity index (χ0) is 15.8. The molecule has 2 aliphatic rings. The Bertz CT molecular complexity index is 371. The number of piperidine rings is 1. The smallest absolute Gasteiger partial charge is 0.241 e. The molecule has 23 heavy (non-hydrogen) atoms. The SMILES string of the molecule is CNCC1CCCN(C(=O)CNC(=O)CCC2CCCC2)C1.Cl. The Labute approximate surface area is 146 Å². The molecule has 0 aromatic rings. The molecule has 0 radical (unpaired) electrons. The van der Waals surface area contributed by atoms with E-state index in [4.69, 9.17) is 0 Å². The van der Waals surface area contributed by atoms with Crippen molar-refractivity contribution in [1.82, 2.24) is 15.5 Å². The van der Waals surface area contributed by atoms with Crippen molar-refractivity contribution in [3.05, 3.63) is 0 Å². The van der Waals surface area contributed by atoms with Crippen LogP contribution < -0.4 is 10.6 Å². The van der Waals surface area contributed by atoms with Crippen LogP contribution in [-0.4, -0.2) is 49.9 Å². The Hall–Kier alpha value is -0.810. The van der Waals surface area contributed by atoms with E-state index in [9.17, 15) is 9.59 Å². The third kappa shape index (κ3) is 7.08. The van der Waals surface area contributed by atoms with Gasteiger partial charge in [-0.05, 0) is 44.7 Å². The Morgan fingerprint density at radius 2 is 1.78 bits per heavy atom. The molecule has 5 nitrogen and oxygen atoms in total. The lowest BCUT2D eigenvalue weighted by Crippen LogP contribution is -2.46. The van der Waals surface area contributed by atoms with Crippen LogP contribution in [0.4, 0.5) is 0 Å². The summed E-state index contributed by atoms with van der Waals surface area (Å²) in [5.74, 6) is 1.37. The summed E-state index contributed by atoms with van der Waals surface area (Å²) >= 11 is 0. The molecule has 2 fully saturated rings. The topological polar surface area (TPSA) is 61.4 Å². The van der Waals surface area contributed by atoms with Gasteiger partial charge in [-0.25, -0.2) is 0 Å². The van der Waals surface area contributed by atoms with Crippen molar-refractivity contribution in [3.8, 4) is 0 Å². The second-order valence-corrected chi connectivity index (χ2v) is 6.87. The first-order valence-electron chi connectivity index (χ1n) is 8.88. The van der Waals surface area contributed by atoms with Crippen molar-refractivity contribution in [2.75, 3.05) is 33.2 Å². The van der Waals surface area contributed by atoms with Gasteiger partial charge >= 0.3 is 0 Å². The van der Waals surface area contributed by atoms with Crippen LogP contribution in [0, 0.1) is 11.8 Å². The average molecular weight is 346 g/mol. The molecule has 0 bridgehead atoms. The fraction of sp³-hybridized carbons (Fsp3) is 0.882. The lowest BCUT2D eigenvalue weighted by Gasteiger charge is -2.32. The summed E-state index contributed by atoms with van der Waals surface area (Å²) in [5.41, 5.74) is 0. The van der Waals surface area contributed by atoms with E-state index in [1.54, 1.807) is 0 Å². The second kappa shape index (κ2) is 10.9. The van der Waals surface area contributed by atoms with Gasteiger partial charge in [-0.15, -0.1) is 12.4 Å². The maximum absolute atomic E-state index is 12.2. The Kier molecular flexibility index (Phi) is 9.56. The minimum absolute atomic E-state index is 0.